The number of para-hydroxylation sites is 1. The summed E-state index contributed by atoms with van der Waals surface area (Å²) < 4.78 is 10.2. The van der Waals surface area contributed by atoms with E-state index in [1.165, 1.54) is 0 Å². The number of carbonyl (C=O) groups excluding carboxylic acids is 2. The van der Waals surface area contributed by atoms with Gasteiger partial charge in [-0.2, -0.15) is 0 Å². The molecule has 1 N–H and O–H groups in total. The Morgan fingerprint density at radius 2 is 2.00 bits per heavy atom. The molecule has 0 aliphatic heterocycles. The summed E-state index contributed by atoms with van der Waals surface area (Å²) in [6, 6.07) is 7.47. The van der Waals surface area contributed by atoms with Crippen LogP contribution in [0.1, 0.15) is 39.1 Å². The van der Waals surface area contributed by atoms with E-state index in [0.29, 0.717) is 17.0 Å². The molecule has 0 amide bonds. The lowest BCUT2D eigenvalue weighted by molar-refractivity contribution is 0.0317. The van der Waals surface area contributed by atoms with Gasteiger partial charge in [-0.05, 0) is 26.8 Å². The molecule has 0 bridgehead atoms. The van der Waals surface area contributed by atoms with E-state index in [4.69, 9.17) is 9.26 Å². The Kier molecular flexibility index (Phi) is 3.73. The molecule has 0 fully saturated rings. The summed E-state index contributed by atoms with van der Waals surface area (Å²) in [6.07, 6.45) is 0.725. The molecule has 0 spiro atoms. The number of hydrogen-bond donors (Lipinski definition) is 1. The molecule has 2 aromatic heterocycles. The highest BCUT2D eigenvalue weighted by Crippen LogP contribution is 2.21. The number of rotatable bonds is 4. The van der Waals surface area contributed by atoms with Gasteiger partial charge in [0.1, 0.15) is 11.3 Å². The van der Waals surface area contributed by atoms with E-state index in [9.17, 15) is 9.59 Å². The zero-order valence-corrected chi connectivity index (χ0v) is 13.0. The summed E-state index contributed by atoms with van der Waals surface area (Å²) >= 11 is 0. The van der Waals surface area contributed by atoms with Gasteiger partial charge in [0.2, 0.25) is 5.78 Å². The third-order valence-corrected chi connectivity index (χ3v) is 3.75. The summed E-state index contributed by atoms with van der Waals surface area (Å²) in [5.41, 5.74) is 2.07. The number of Topliss-reactive ketones (excluding diaryl/α,β-unsaturated/α-hetero) is 1. The average Bonchev–Trinajstić information content (AvgIpc) is 3.10. The first-order valence-corrected chi connectivity index (χ1v) is 7.23. The number of ether oxygens (including phenoxy) is 1. The van der Waals surface area contributed by atoms with Crippen LogP contribution in [0.2, 0.25) is 0 Å². The standard InChI is InChI=1S/C17H16N2O4/c1-9-15(10(2)23-19-9)17(21)22-11(3)16(20)13-8-18-14-7-5-4-6-12(13)14/h4-8,11,18H,1-3H3. The third-order valence-electron chi connectivity index (χ3n) is 3.75. The van der Waals surface area contributed by atoms with Crippen molar-refractivity contribution in [1.29, 1.82) is 0 Å². The summed E-state index contributed by atoms with van der Waals surface area (Å²) in [6.45, 7) is 4.84. The van der Waals surface area contributed by atoms with Crippen LogP contribution in [0.25, 0.3) is 10.9 Å². The van der Waals surface area contributed by atoms with Crippen LogP contribution >= 0.6 is 0 Å². The Morgan fingerprint density at radius 1 is 1.26 bits per heavy atom. The van der Waals surface area contributed by atoms with E-state index in [-0.39, 0.29) is 11.3 Å². The zero-order chi connectivity index (χ0) is 16.6. The summed E-state index contributed by atoms with van der Waals surface area (Å²) in [7, 11) is 0. The molecule has 23 heavy (non-hydrogen) atoms. The van der Waals surface area contributed by atoms with Gasteiger partial charge in [-0.15, -0.1) is 0 Å². The summed E-state index contributed by atoms with van der Waals surface area (Å²) in [5.74, 6) is -0.497. The lowest BCUT2D eigenvalue weighted by atomic mass is 10.1. The topological polar surface area (TPSA) is 85.2 Å². The van der Waals surface area contributed by atoms with Crippen molar-refractivity contribution in [3.8, 4) is 0 Å². The Labute approximate surface area is 132 Å². The SMILES string of the molecule is Cc1noc(C)c1C(=O)OC(C)C(=O)c1c[nH]c2ccccc12. The van der Waals surface area contributed by atoms with Crippen LogP contribution in [0.3, 0.4) is 0 Å². The lowest BCUT2D eigenvalue weighted by Gasteiger charge is -2.11. The van der Waals surface area contributed by atoms with Crippen LogP contribution in [-0.4, -0.2) is 28.0 Å². The number of H-pyrrole nitrogens is 1. The minimum absolute atomic E-state index is 0.262. The number of benzene rings is 1. The number of fused-ring (bicyclic) bond motifs is 1. The van der Waals surface area contributed by atoms with Crippen molar-refractivity contribution in [1.82, 2.24) is 10.1 Å². The molecule has 1 aromatic carbocycles. The quantitative estimate of drug-likeness (QED) is 0.590. The second kappa shape index (κ2) is 5.72. The Hall–Kier alpha value is -2.89. The van der Waals surface area contributed by atoms with Crippen molar-refractivity contribution in [2.24, 2.45) is 0 Å². The fourth-order valence-corrected chi connectivity index (χ4v) is 2.54. The maximum Gasteiger partial charge on any atom is 0.344 e. The van der Waals surface area contributed by atoms with Crippen LogP contribution in [0, 0.1) is 13.8 Å². The largest absolute Gasteiger partial charge is 0.451 e. The van der Waals surface area contributed by atoms with Gasteiger partial charge in [-0.25, -0.2) is 4.79 Å². The Bertz CT molecular complexity index is 872. The van der Waals surface area contributed by atoms with Crippen LogP contribution in [0.4, 0.5) is 0 Å². The maximum absolute atomic E-state index is 12.6. The molecule has 1 unspecified atom stereocenters. The third kappa shape index (κ3) is 2.63. The molecular formula is C17H16N2O4. The van der Waals surface area contributed by atoms with Crippen molar-refractivity contribution < 1.29 is 18.8 Å². The van der Waals surface area contributed by atoms with Gasteiger partial charge in [-0.1, -0.05) is 23.4 Å². The number of carbonyl (C=O) groups is 2. The first-order chi connectivity index (χ1) is 11.0. The molecule has 0 saturated heterocycles. The minimum atomic E-state index is -0.907. The number of aromatic nitrogens is 2. The second-order valence-electron chi connectivity index (χ2n) is 5.36. The van der Waals surface area contributed by atoms with Gasteiger partial charge in [0.25, 0.3) is 0 Å². The van der Waals surface area contributed by atoms with E-state index < -0.39 is 12.1 Å². The number of hydrogen-bond acceptors (Lipinski definition) is 5. The van der Waals surface area contributed by atoms with Gasteiger partial charge in [0, 0.05) is 22.7 Å². The van der Waals surface area contributed by atoms with Crippen molar-refractivity contribution in [3.63, 3.8) is 0 Å². The van der Waals surface area contributed by atoms with Crippen molar-refractivity contribution in [2.75, 3.05) is 0 Å². The molecule has 3 aromatic rings. The molecule has 0 radical (unpaired) electrons. The van der Waals surface area contributed by atoms with E-state index in [1.807, 2.05) is 24.3 Å². The van der Waals surface area contributed by atoms with Gasteiger partial charge >= 0.3 is 5.97 Å². The number of aromatic amines is 1. The number of esters is 1. The minimum Gasteiger partial charge on any atom is -0.451 e. The maximum atomic E-state index is 12.6. The molecule has 0 saturated carbocycles. The van der Waals surface area contributed by atoms with Crippen LogP contribution < -0.4 is 0 Å². The molecular weight excluding hydrogens is 296 g/mol. The molecule has 0 aliphatic rings. The van der Waals surface area contributed by atoms with Crippen molar-refractivity contribution in [3.05, 3.63) is 53.0 Å². The molecule has 2 heterocycles. The highest BCUT2D eigenvalue weighted by atomic mass is 16.5. The zero-order valence-electron chi connectivity index (χ0n) is 13.0. The second-order valence-corrected chi connectivity index (χ2v) is 5.36. The lowest BCUT2D eigenvalue weighted by Crippen LogP contribution is -2.24. The van der Waals surface area contributed by atoms with E-state index in [1.54, 1.807) is 27.0 Å². The number of nitrogens with zero attached hydrogens (tertiary/aromatic N) is 1. The van der Waals surface area contributed by atoms with Crippen molar-refractivity contribution >= 4 is 22.7 Å². The average molecular weight is 312 g/mol. The van der Waals surface area contributed by atoms with Crippen LogP contribution in [-0.2, 0) is 4.74 Å². The summed E-state index contributed by atoms with van der Waals surface area (Å²) in [4.78, 5) is 27.8. The molecule has 3 rings (SSSR count). The number of aryl methyl sites for hydroxylation is 2. The highest BCUT2D eigenvalue weighted by Gasteiger charge is 2.26. The summed E-state index contributed by atoms with van der Waals surface area (Å²) in [5, 5.41) is 4.52. The van der Waals surface area contributed by atoms with Gasteiger partial charge < -0.3 is 14.2 Å². The van der Waals surface area contributed by atoms with Crippen LogP contribution in [0.15, 0.2) is 35.0 Å². The fourth-order valence-electron chi connectivity index (χ4n) is 2.54. The van der Waals surface area contributed by atoms with Gasteiger partial charge in [0.05, 0.1) is 5.69 Å². The molecule has 0 aliphatic carbocycles. The highest BCUT2D eigenvalue weighted by molar-refractivity contribution is 6.10. The predicted octanol–water partition coefficient (Wildman–Crippen LogP) is 3.20. The molecule has 6 nitrogen and oxygen atoms in total. The predicted molar refractivity (Wildman–Crippen MR) is 83.5 cm³/mol. The van der Waals surface area contributed by atoms with Gasteiger partial charge in [-0.3, -0.25) is 4.79 Å². The molecule has 1 atom stereocenters. The molecule has 118 valence electrons. The Balaban J connectivity index is 1.82. The van der Waals surface area contributed by atoms with Crippen LogP contribution in [0.5, 0.6) is 0 Å². The fraction of sp³-hybridized carbons (Fsp3) is 0.235. The van der Waals surface area contributed by atoms with E-state index in [0.717, 1.165) is 10.9 Å². The smallest absolute Gasteiger partial charge is 0.344 e. The van der Waals surface area contributed by atoms with Gasteiger partial charge in [0.15, 0.2) is 6.10 Å². The van der Waals surface area contributed by atoms with E-state index in [2.05, 4.69) is 10.1 Å². The van der Waals surface area contributed by atoms with E-state index >= 15 is 0 Å². The number of ketones is 1. The molecule has 6 heteroatoms. The first-order valence-electron chi connectivity index (χ1n) is 7.23. The Morgan fingerprint density at radius 3 is 2.70 bits per heavy atom. The number of nitrogens with one attached hydrogen (secondary N) is 1. The monoisotopic (exact) mass is 312 g/mol. The van der Waals surface area contributed by atoms with Crippen molar-refractivity contribution in [2.45, 2.75) is 26.9 Å². The first kappa shape index (κ1) is 15.0. The normalized spacial score (nSPS) is 12.3.